The molecule has 0 aromatic rings. The van der Waals surface area contributed by atoms with Crippen LogP contribution >= 0.6 is 0 Å². The van der Waals surface area contributed by atoms with Crippen molar-refractivity contribution in [1.82, 2.24) is 0 Å². The molecule has 3 aliphatic rings. The molecule has 1 heteroatoms. The first kappa shape index (κ1) is 10.8. The average molecular weight is 220 g/mol. The minimum absolute atomic E-state index is 0.226. The normalized spacial score (nSPS) is 46.7. The highest BCUT2D eigenvalue weighted by atomic mass is 16.6. The molecule has 4 atom stereocenters. The average Bonchev–Trinajstić information content (AvgIpc) is 2.80. The van der Waals surface area contributed by atoms with E-state index in [0.717, 1.165) is 11.8 Å². The molecule has 4 unspecified atom stereocenters. The Hall–Kier alpha value is -0.300. The predicted octanol–water partition coefficient (Wildman–Crippen LogP) is 3.94. The van der Waals surface area contributed by atoms with Crippen LogP contribution in [-0.2, 0) is 4.74 Å². The molecule has 0 amide bonds. The van der Waals surface area contributed by atoms with Crippen molar-refractivity contribution in [3.63, 3.8) is 0 Å². The Balaban J connectivity index is 1.94. The van der Waals surface area contributed by atoms with E-state index in [1.807, 2.05) is 0 Å². The van der Waals surface area contributed by atoms with Crippen molar-refractivity contribution in [1.29, 1.82) is 0 Å². The highest BCUT2D eigenvalue weighted by Crippen LogP contribution is 2.57. The van der Waals surface area contributed by atoms with Gasteiger partial charge in [-0.1, -0.05) is 31.9 Å². The van der Waals surface area contributed by atoms with E-state index in [9.17, 15) is 0 Å². The van der Waals surface area contributed by atoms with E-state index >= 15 is 0 Å². The molecular weight excluding hydrogens is 196 g/mol. The number of allylic oxidation sites excluding steroid dienone is 1. The zero-order valence-corrected chi connectivity index (χ0v) is 11.0. The van der Waals surface area contributed by atoms with Gasteiger partial charge in [0.15, 0.2) is 0 Å². The molecule has 0 N–H and O–H groups in total. The molecule has 1 heterocycles. The molecule has 0 aromatic carbocycles. The molecule has 3 rings (SSSR count). The van der Waals surface area contributed by atoms with Crippen LogP contribution in [0.15, 0.2) is 11.1 Å². The van der Waals surface area contributed by atoms with E-state index in [1.54, 1.807) is 11.1 Å². The van der Waals surface area contributed by atoms with Gasteiger partial charge in [-0.2, -0.15) is 0 Å². The Labute approximate surface area is 99.3 Å². The van der Waals surface area contributed by atoms with Crippen LogP contribution in [0.3, 0.4) is 0 Å². The van der Waals surface area contributed by atoms with Crippen LogP contribution in [0.4, 0.5) is 0 Å². The smallest absolute Gasteiger partial charge is 0.101 e. The van der Waals surface area contributed by atoms with E-state index in [4.69, 9.17) is 4.74 Å². The highest BCUT2D eigenvalue weighted by molar-refractivity contribution is 5.29. The van der Waals surface area contributed by atoms with Gasteiger partial charge < -0.3 is 4.74 Å². The summed E-state index contributed by atoms with van der Waals surface area (Å²) in [5.41, 5.74) is 3.67. The molecule has 0 bridgehead atoms. The van der Waals surface area contributed by atoms with E-state index in [2.05, 4.69) is 27.7 Å². The third-order valence-corrected chi connectivity index (χ3v) is 5.39. The van der Waals surface area contributed by atoms with Crippen molar-refractivity contribution >= 4 is 0 Å². The zero-order chi connectivity index (χ0) is 11.5. The molecule has 1 saturated carbocycles. The van der Waals surface area contributed by atoms with Crippen LogP contribution in [0.2, 0.25) is 0 Å². The summed E-state index contributed by atoms with van der Waals surface area (Å²) in [6, 6.07) is 0. The van der Waals surface area contributed by atoms with Crippen molar-refractivity contribution < 1.29 is 4.74 Å². The van der Waals surface area contributed by atoms with Gasteiger partial charge in [-0.25, -0.2) is 0 Å². The van der Waals surface area contributed by atoms with Crippen LogP contribution in [0.5, 0.6) is 0 Å². The summed E-state index contributed by atoms with van der Waals surface area (Å²) in [7, 11) is 0. The number of hydrogen-bond acceptors (Lipinski definition) is 1. The molecular formula is C15H24O. The first-order valence-corrected chi connectivity index (χ1v) is 6.91. The van der Waals surface area contributed by atoms with E-state index in [1.165, 1.54) is 25.7 Å². The maximum atomic E-state index is 6.10. The van der Waals surface area contributed by atoms with Crippen LogP contribution in [0, 0.1) is 17.8 Å². The minimum atomic E-state index is 0.226. The molecule has 0 radical (unpaired) electrons. The molecule has 0 spiro atoms. The Bertz CT molecular complexity index is 341. The van der Waals surface area contributed by atoms with Crippen molar-refractivity contribution in [2.45, 2.75) is 65.1 Å². The molecule has 0 aromatic heterocycles. The molecule has 1 nitrogen and oxygen atoms in total. The van der Waals surface area contributed by atoms with E-state index in [0.29, 0.717) is 12.0 Å². The number of epoxide rings is 1. The van der Waals surface area contributed by atoms with Crippen molar-refractivity contribution in [2.24, 2.45) is 17.8 Å². The fourth-order valence-electron chi connectivity index (χ4n) is 4.08. The fraction of sp³-hybridized carbons (Fsp3) is 0.867. The summed E-state index contributed by atoms with van der Waals surface area (Å²) in [6.45, 7) is 9.44. The lowest BCUT2D eigenvalue weighted by atomic mass is 9.84. The Morgan fingerprint density at radius 1 is 1.38 bits per heavy atom. The van der Waals surface area contributed by atoms with Gasteiger partial charge >= 0.3 is 0 Å². The van der Waals surface area contributed by atoms with Crippen molar-refractivity contribution in [2.75, 3.05) is 0 Å². The SMILES string of the molecule is CC1=C2CC3(C(C)C)OC3CC(C)C2CC1. The lowest BCUT2D eigenvalue weighted by molar-refractivity contribution is 0.213. The van der Waals surface area contributed by atoms with Gasteiger partial charge in [-0.3, -0.25) is 0 Å². The summed E-state index contributed by atoms with van der Waals surface area (Å²) < 4.78 is 6.10. The molecule has 90 valence electrons. The number of ether oxygens (including phenoxy) is 1. The topological polar surface area (TPSA) is 12.5 Å². The third kappa shape index (κ3) is 1.33. The van der Waals surface area contributed by atoms with Gasteiger partial charge in [-0.15, -0.1) is 0 Å². The van der Waals surface area contributed by atoms with Gasteiger partial charge in [0, 0.05) is 6.42 Å². The molecule has 16 heavy (non-hydrogen) atoms. The minimum Gasteiger partial charge on any atom is -0.365 e. The standard InChI is InChI=1S/C15H24O/c1-9(2)15-8-13-10(3)5-6-12(13)11(4)7-14(15)16-15/h9,11-12,14H,5-8H2,1-4H3. The summed E-state index contributed by atoms with van der Waals surface area (Å²) in [5.74, 6) is 2.39. The monoisotopic (exact) mass is 220 g/mol. The maximum absolute atomic E-state index is 6.10. The molecule has 1 aliphatic heterocycles. The van der Waals surface area contributed by atoms with Crippen LogP contribution in [0.25, 0.3) is 0 Å². The van der Waals surface area contributed by atoms with Crippen LogP contribution in [0.1, 0.15) is 53.4 Å². The molecule has 2 aliphatic carbocycles. The largest absolute Gasteiger partial charge is 0.365 e. The summed E-state index contributed by atoms with van der Waals surface area (Å²) in [5, 5.41) is 0. The summed E-state index contributed by atoms with van der Waals surface area (Å²) in [4.78, 5) is 0. The van der Waals surface area contributed by atoms with Gasteiger partial charge in [0.25, 0.3) is 0 Å². The second-order valence-corrected chi connectivity index (χ2v) is 6.56. The number of hydrogen-bond donors (Lipinski definition) is 0. The van der Waals surface area contributed by atoms with Gasteiger partial charge in [0.2, 0.25) is 0 Å². The Kier molecular flexibility index (Phi) is 2.27. The number of fused-ring (bicyclic) bond motifs is 2. The first-order valence-electron chi connectivity index (χ1n) is 6.91. The lowest BCUT2D eigenvalue weighted by Gasteiger charge is -2.22. The van der Waals surface area contributed by atoms with Crippen molar-refractivity contribution in [3.05, 3.63) is 11.1 Å². The highest BCUT2D eigenvalue weighted by Gasteiger charge is 2.61. The summed E-state index contributed by atoms with van der Waals surface area (Å²) in [6.07, 6.45) is 5.83. The summed E-state index contributed by atoms with van der Waals surface area (Å²) >= 11 is 0. The second kappa shape index (κ2) is 3.35. The zero-order valence-electron chi connectivity index (χ0n) is 11.0. The molecule has 2 fully saturated rings. The van der Waals surface area contributed by atoms with Gasteiger partial charge in [-0.05, 0) is 43.9 Å². The molecule has 1 saturated heterocycles. The van der Waals surface area contributed by atoms with Crippen molar-refractivity contribution in [3.8, 4) is 0 Å². The fourth-order valence-corrected chi connectivity index (χ4v) is 4.08. The predicted molar refractivity (Wildman–Crippen MR) is 66.3 cm³/mol. The lowest BCUT2D eigenvalue weighted by Crippen LogP contribution is -2.22. The Morgan fingerprint density at radius 3 is 2.81 bits per heavy atom. The second-order valence-electron chi connectivity index (χ2n) is 6.56. The van der Waals surface area contributed by atoms with Crippen LogP contribution < -0.4 is 0 Å². The Morgan fingerprint density at radius 2 is 2.12 bits per heavy atom. The first-order chi connectivity index (χ1) is 7.54. The van der Waals surface area contributed by atoms with E-state index < -0.39 is 0 Å². The van der Waals surface area contributed by atoms with Crippen LogP contribution in [-0.4, -0.2) is 11.7 Å². The van der Waals surface area contributed by atoms with Gasteiger partial charge in [0.1, 0.15) is 5.60 Å². The van der Waals surface area contributed by atoms with Gasteiger partial charge in [0.05, 0.1) is 6.10 Å². The number of rotatable bonds is 1. The third-order valence-electron chi connectivity index (χ3n) is 5.39. The van der Waals surface area contributed by atoms with E-state index in [-0.39, 0.29) is 5.60 Å². The maximum Gasteiger partial charge on any atom is 0.101 e. The quantitative estimate of drug-likeness (QED) is 0.482.